The lowest BCUT2D eigenvalue weighted by molar-refractivity contribution is -0.119. The quantitative estimate of drug-likeness (QED) is 0.530. The lowest BCUT2D eigenvalue weighted by Gasteiger charge is -2.17. The minimum absolute atomic E-state index is 0.0125. The predicted octanol–water partition coefficient (Wildman–Crippen LogP) is 0.971. The highest BCUT2D eigenvalue weighted by Crippen LogP contribution is 2.21. The number of fused-ring (bicyclic) bond motifs is 1. The molecular weight excluding hydrogens is 414 g/mol. The molecule has 0 radical (unpaired) electrons. The summed E-state index contributed by atoms with van der Waals surface area (Å²) in [7, 11) is -3.05. The first-order valence-corrected chi connectivity index (χ1v) is 12.5. The van der Waals surface area contributed by atoms with Gasteiger partial charge in [0.2, 0.25) is 5.91 Å². The second-order valence-corrected chi connectivity index (χ2v) is 10.6. The number of ether oxygens (including phenoxy) is 1. The second-order valence-electron chi connectivity index (χ2n) is 7.42. The fourth-order valence-electron chi connectivity index (χ4n) is 3.72. The van der Waals surface area contributed by atoms with Crippen molar-refractivity contribution in [3.8, 4) is 0 Å². The fraction of sp³-hybridized carbons (Fsp3) is 0.526. The van der Waals surface area contributed by atoms with E-state index >= 15 is 0 Å². The molecule has 2 aromatic rings. The Bertz CT molecular complexity index is 1080. The number of sulfone groups is 1. The van der Waals surface area contributed by atoms with Crippen LogP contribution in [0.1, 0.15) is 19.3 Å². The van der Waals surface area contributed by atoms with Crippen LogP contribution in [-0.4, -0.2) is 59.9 Å². The van der Waals surface area contributed by atoms with Crippen molar-refractivity contribution in [2.24, 2.45) is 0 Å². The molecule has 0 spiro atoms. The van der Waals surface area contributed by atoms with E-state index in [1.165, 1.54) is 11.8 Å². The van der Waals surface area contributed by atoms with Gasteiger partial charge in [0.25, 0.3) is 5.56 Å². The van der Waals surface area contributed by atoms with Gasteiger partial charge >= 0.3 is 0 Å². The van der Waals surface area contributed by atoms with E-state index in [0.29, 0.717) is 35.6 Å². The fourth-order valence-corrected chi connectivity index (χ4v) is 6.21. The van der Waals surface area contributed by atoms with Crippen molar-refractivity contribution in [1.29, 1.82) is 0 Å². The van der Waals surface area contributed by atoms with Crippen molar-refractivity contribution in [1.82, 2.24) is 14.9 Å². The summed E-state index contributed by atoms with van der Waals surface area (Å²) >= 11 is 1.19. The molecule has 29 heavy (non-hydrogen) atoms. The number of rotatable bonds is 6. The number of nitrogens with one attached hydrogen (secondary N) is 1. The summed E-state index contributed by atoms with van der Waals surface area (Å²) < 4.78 is 30.4. The van der Waals surface area contributed by atoms with Crippen LogP contribution in [0.15, 0.2) is 34.2 Å². The number of carbonyl (C=O) groups excluding carboxylic acids is 1. The van der Waals surface area contributed by atoms with Gasteiger partial charge in [0.15, 0.2) is 15.0 Å². The standard InChI is InChI=1S/C19H23N3O5S2/c23-17(20-13-7-9-29(25,26)12-13)11-28-19-21-16-6-2-1-5-15(16)18(24)22(19)10-14-4-3-8-27-14/h1-2,5-6,13-14H,3-4,7-12H2,(H,20,23)/t13-,14+/m1/s1. The molecule has 1 aromatic heterocycles. The first kappa shape index (κ1) is 20.4. The molecule has 8 nitrogen and oxygen atoms in total. The molecule has 0 bridgehead atoms. The van der Waals surface area contributed by atoms with Crippen LogP contribution in [0.5, 0.6) is 0 Å². The van der Waals surface area contributed by atoms with Crippen molar-refractivity contribution in [2.45, 2.75) is 43.1 Å². The number of amides is 1. The molecule has 2 saturated heterocycles. The highest BCUT2D eigenvalue weighted by atomic mass is 32.2. The summed E-state index contributed by atoms with van der Waals surface area (Å²) in [5.41, 5.74) is 0.446. The second kappa shape index (κ2) is 8.45. The van der Waals surface area contributed by atoms with Gasteiger partial charge in [-0.15, -0.1) is 0 Å². The van der Waals surface area contributed by atoms with Gasteiger partial charge in [0.05, 0.1) is 40.8 Å². The molecule has 10 heteroatoms. The molecule has 2 aliphatic heterocycles. The van der Waals surface area contributed by atoms with Crippen molar-refractivity contribution in [3.05, 3.63) is 34.6 Å². The molecule has 156 valence electrons. The van der Waals surface area contributed by atoms with Gasteiger partial charge < -0.3 is 10.1 Å². The Hall–Kier alpha value is -1.91. The number of thioether (sulfide) groups is 1. The lowest BCUT2D eigenvalue weighted by Crippen LogP contribution is -2.37. The third-order valence-corrected chi connectivity index (χ3v) is 7.91. The smallest absolute Gasteiger partial charge is 0.262 e. The molecular formula is C19H23N3O5S2. The molecule has 3 heterocycles. The number of para-hydroxylation sites is 1. The van der Waals surface area contributed by atoms with Crippen molar-refractivity contribution in [3.63, 3.8) is 0 Å². The normalized spacial score (nSPS) is 23.4. The van der Waals surface area contributed by atoms with Crippen LogP contribution in [0.25, 0.3) is 10.9 Å². The zero-order chi connectivity index (χ0) is 20.4. The summed E-state index contributed by atoms with van der Waals surface area (Å²) in [6.07, 6.45) is 2.26. The van der Waals surface area contributed by atoms with Crippen LogP contribution >= 0.6 is 11.8 Å². The Labute approximate surface area is 172 Å². The van der Waals surface area contributed by atoms with Crippen LogP contribution in [0.4, 0.5) is 0 Å². The van der Waals surface area contributed by atoms with Gasteiger partial charge in [-0.05, 0) is 31.4 Å². The molecule has 2 fully saturated rings. The molecule has 1 N–H and O–H groups in total. The average Bonchev–Trinajstić information content (AvgIpc) is 3.32. The van der Waals surface area contributed by atoms with E-state index in [2.05, 4.69) is 10.3 Å². The molecule has 1 amide bonds. The first-order chi connectivity index (χ1) is 13.9. The van der Waals surface area contributed by atoms with Crippen molar-refractivity contribution < 1.29 is 17.9 Å². The van der Waals surface area contributed by atoms with Crippen LogP contribution < -0.4 is 10.9 Å². The number of hydrogen-bond acceptors (Lipinski definition) is 7. The van der Waals surface area contributed by atoms with Gasteiger partial charge in [-0.25, -0.2) is 13.4 Å². The van der Waals surface area contributed by atoms with Crippen LogP contribution in [0.2, 0.25) is 0 Å². The van der Waals surface area contributed by atoms with E-state index in [1.54, 1.807) is 22.8 Å². The monoisotopic (exact) mass is 437 g/mol. The van der Waals surface area contributed by atoms with Gasteiger partial charge in [-0.3, -0.25) is 14.2 Å². The number of carbonyl (C=O) groups is 1. The van der Waals surface area contributed by atoms with Crippen LogP contribution in [0, 0.1) is 0 Å². The molecule has 1 aromatic carbocycles. The third kappa shape index (κ3) is 4.81. The Morgan fingerprint density at radius 3 is 2.86 bits per heavy atom. The van der Waals surface area contributed by atoms with E-state index in [0.717, 1.165) is 12.8 Å². The Morgan fingerprint density at radius 2 is 2.14 bits per heavy atom. The lowest BCUT2D eigenvalue weighted by atomic mass is 10.2. The Balaban J connectivity index is 1.52. The number of hydrogen-bond donors (Lipinski definition) is 1. The van der Waals surface area contributed by atoms with Crippen molar-refractivity contribution in [2.75, 3.05) is 23.9 Å². The minimum Gasteiger partial charge on any atom is -0.376 e. The van der Waals surface area contributed by atoms with E-state index in [-0.39, 0.29) is 40.9 Å². The first-order valence-electron chi connectivity index (χ1n) is 9.65. The maximum atomic E-state index is 13.0. The van der Waals surface area contributed by atoms with E-state index in [9.17, 15) is 18.0 Å². The van der Waals surface area contributed by atoms with Gasteiger partial charge in [-0.2, -0.15) is 0 Å². The number of nitrogens with zero attached hydrogens (tertiary/aromatic N) is 2. The molecule has 2 atom stereocenters. The maximum absolute atomic E-state index is 13.0. The van der Waals surface area contributed by atoms with E-state index in [4.69, 9.17) is 4.74 Å². The van der Waals surface area contributed by atoms with Crippen LogP contribution in [0.3, 0.4) is 0 Å². The highest BCUT2D eigenvalue weighted by molar-refractivity contribution is 7.99. The summed E-state index contributed by atoms with van der Waals surface area (Å²) in [4.78, 5) is 29.9. The van der Waals surface area contributed by atoms with Crippen LogP contribution in [-0.2, 0) is 25.9 Å². The molecule has 2 aliphatic rings. The summed E-state index contributed by atoms with van der Waals surface area (Å²) in [5, 5.41) is 3.78. The largest absolute Gasteiger partial charge is 0.376 e. The summed E-state index contributed by atoms with van der Waals surface area (Å²) in [5.74, 6) is -0.102. The Kier molecular flexibility index (Phi) is 5.93. The Morgan fingerprint density at radius 1 is 1.31 bits per heavy atom. The minimum atomic E-state index is -3.05. The van der Waals surface area contributed by atoms with Gasteiger partial charge in [0, 0.05) is 12.6 Å². The van der Waals surface area contributed by atoms with E-state index in [1.807, 2.05) is 6.07 Å². The SMILES string of the molecule is O=C(CSc1nc2ccccc2c(=O)n1C[C@@H]1CCCO1)N[C@@H]1CCS(=O)(=O)C1. The van der Waals surface area contributed by atoms with Gasteiger partial charge in [-0.1, -0.05) is 23.9 Å². The topological polar surface area (TPSA) is 107 Å². The molecule has 0 saturated carbocycles. The van der Waals surface area contributed by atoms with Gasteiger partial charge in [0.1, 0.15) is 0 Å². The number of aromatic nitrogens is 2. The third-order valence-electron chi connectivity index (χ3n) is 5.17. The highest BCUT2D eigenvalue weighted by Gasteiger charge is 2.29. The molecule has 0 aliphatic carbocycles. The average molecular weight is 438 g/mol. The zero-order valence-electron chi connectivity index (χ0n) is 15.9. The summed E-state index contributed by atoms with van der Waals surface area (Å²) in [6.45, 7) is 1.09. The number of benzene rings is 1. The van der Waals surface area contributed by atoms with Crippen molar-refractivity contribution >= 4 is 38.4 Å². The maximum Gasteiger partial charge on any atom is 0.262 e. The zero-order valence-corrected chi connectivity index (χ0v) is 17.5. The molecule has 0 unspecified atom stereocenters. The summed E-state index contributed by atoms with van der Waals surface area (Å²) in [6, 6.07) is 6.81. The molecule has 4 rings (SSSR count). The predicted molar refractivity (Wildman–Crippen MR) is 111 cm³/mol. The van der Waals surface area contributed by atoms with E-state index < -0.39 is 9.84 Å².